The molecule has 0 amide bonds. The third-order valence-corrected chi connectivity index (χ3v) is 4.98. The largest absolute Gasteiger partial charge is 0.384 e. The second-order valence-electron chi connectivity index (χ2n) is 6.27. The number of likely N-dealkylation sites (N-methyl/N-ethyl adjacent to an activating group) is 1. The molecule has 2 rings (SSSR count). The average molecular weight is 344 g/mol. The smallest absolute Gasteiger partial charge is 0.108 e. The van der Waals surface area contributed by atoms with E-state index in [1.807, 2.05) is 10.9 Å². The van der Waals surface area contributed by atoms with Crippen molar-refractivity contribution in [2.24, 2.45) is 5.92 Å². The van der Waals surface area contributed by atoms with Gasteiger partial charge in [-0.05, 0) is 55.2 Å². The van der Waals surface area contributed by atoms with Crippen molar-refractivity contribution in [1.82, 2.24) is 14.7 Å². The monoisotopic (exact) mass is 343 g/mol. The van der Waals surface area contributed by atoms with Crippen LogP contribution in [0.5, 0.6) is 0 Å². The Balaban J connectivity index is 2.23. The minimum Gasteiger partial charge on any atom is -0.384 e. The quantitative estimate of drug-likeness (QED) is 0.893. The number of halogens is 1. The fourth-order valence-corrected chi connectivity index (χ4v) is 3.88. The summed E-state index contributed by atoms with van der Waals surface area (Å²) in [6, 6.07) is 0. The van der Waals surface area contributed by atoms with Crippen LogP contribution in [0.3, 0.4) is 0 Å². The first-order chi connectivity index (χ1) is 9.46. The van der Waals surface area contributed by atoms with E-state index >= 15 is 0 Å². The minimum atomic E-state index is -0.722. The Morgan fingerprint density at radius 2 is 2.30 bits per heavy atom. The van der Waals surface area contributed by atoms with Crippen molar-refractivity contribution in [1.29, 1.82) is 0 Å². The first-order valence-electron chi connectivity index (χ1n) is 7.55. The van der Waals surface area contributed by atoms with Crippen molar-refractivity contribution in [3.05, 3.63) is 16.4 Å². The average Bonchev–Trinajstić information content (AvgIpc) is 2.78. The lowest BCUT2D eigenvalue weighted by Crippen LogP contribution is -2.36. The van der Waals surface area contributed by atoms with Crippen LogP contribution in [0.25, 0.3) is 0 Å². The van der Waals surface area contributed by atoms with Crippen LogP contribution in [-0.4, -0.2) is 40.4 Å². The molecular formula is C15H26BrN3O. The van der Waals surface area contributed by atoms with Crippen LogP contribution in [0.2, 0.25) is 0 Å². The number of aromatic nitrogens is 2. The van der Waals surface area contributed by atoms with E-state index in [2.05, 4.69) is 46.9 Å². The molecule has 0 bridgehead atoms. The molecule has 0 saturated heterocycles. The first kappa shape index (κ1) is 16.0. The van der Waals surface area contributed by atoms with E-state index in [1.165, 1.54) is 6.42 Å². The van der Waals surface area contributed by atoms with Crippen molar-refractivity contribution in [2.75, 3.05) is 20.6 Å². The topological polar surface area (TPSA) is 41.3 Å². The van der Waals surface area contributed by atoms with Crippen molar-refractivity contribution in [3.8, 4) is 0 Å². The van der Waals surface area contributed by atoms with Gasteiger partial charge in [-0.25, -0.2) is 0 Å². The molecule has 0 aromatic carbocycles. The molecule has 1 aliphatic carbocycles. The summed E-state index contributed by atoms with van der Waals surface area (Å²) in [6.45, 7) is 3.95. The highest BCUT2D eigenvalue weighted by Gasteiger charge is 2.39. The molecule has 1 heterocycles. The van der Waals surface area contributed by atoms with Crippen LogP contribution in [0.1, 0.15) is 44.7 Å². The van der Waals surface area contributed by atoms with Crippen LogP contribution in [0, 0.1) is 5.92 Å². The molecule has 0 aliphatic heterocycles. The van der Waals surface area contributed by atoms with Crippen LogP contribution < -0.4 is 0 Å². The van der Waals surface area contributed by atoms with Crippen LogP contribution in [-0.2, 0) is 12.1 Å². The summed E-state index contributed by atoms with van der Waals surface area (Å²) in [4.78, 5) is 2.14. The van der Waals surface area contributed by atoms with Gasteiger partial charge in [0.05, 0.1) is 22.9 Å². The number of nitrogens with zero attached hydrogens (tertiary/aromatic N) is 3. The molecule has 5 heteroatoms. The number of rotatable bonds is 5. The van der Waals surface area contributed by atoms with Gasteiger partial charge in [0, 0.05) is 6.54 Å². The van der Waals surface area contributed by atoms with E-state index in [4.69, 9.17) is 0 Å². The number of hydrogen-bond donors (Lipinski definition) is 1. The van der Waals surface area contributed by atoms with E-state index in [0.29, 0.717) is 5.92 Å². The zero-order chi connectivity index (χ0) is 14.8. The maximum Gasteiger partial charge on any atom is 0.108 e. The molecular weight excluding hydrogens is 318 g/mol. The molecule has 1 fully saturated rings. The Hall–Kier alpha value is -0.390. The molecule has 0 spiro atoms. The summed E-state index contributed by atoms with van der Waals surface area (Å²) in [6.07, 6.45) is 7.00. The SMILES string of the molecule is CCC1CCCC(O)(c2c(Br)cnn2CCN(C)C)C1. The van der Waals surface area contributed by atoms with E-state index in [-0.39, 0.29) is 0 Å². The van der Waals surface area contributed by atoms with E-state index in [1.54, 1.807) is 0 Å². The fourth-order valence-electron chi connectivity index (χ4n) is 3.22. The van der Waals surface area contributed by atoms with Gasteiger partial charge in [-0.15, -0.1) is 0 Å². The maximum absolute atomic E-state index is 11.2. The number of aliphatic hydroxyl groups is 1. The first-order valence-corrected chi connectivity index (χ1v) is 8.34. The molecule has 114 valence electrons. The fraction of sp³-hybridized carbons (Fsp3) is 0.800. The molecule has 1 aliphatic rings. The summed E-state index contributed by atoms with van der Waals surface area (Å²) < 4.78 is 2.91. The second kappa shape index (κ2) is 6.58. The Bertz CT molecular complexity index is 446. The third kappa shape index (κ3) is 3.43. The number of hydrogen-bond acceptors (Lipinski definition) is 3. The Morgan fingerprint density at radius 3 is 2.95 bits per heavy atom. The highest BCUT2D eigenvalue weighted by atomic mass is 79.9. The van der Waals surface area contributed by atoms with Crippen LogP contribution in [0.4, 0.5) is 0 Å². The summed E-state index contributed by atoms with van der Waals surface area (Å²) >= 11 is 3.58. The zero-order valence-electron chi connectivity index (χ0n) is 12.8. The zero-order valence-corrected chi connectivity index (χ0v) is 14.4. The van der Waals surface area contributed by atoms with Crippen molar-refractivity contribution in [3.63, 3.8) is 0 Å². The molecule has 4 nitrogen and oxygen atoms in total. The molecule has 20 heavy (non-hydrogen) atoms. The van der Waals surface area contributed by atoms with Gasteiger partial charge in [0.1, 0.15) is 5.60 Å². The van der Waals surface area contributed by atoms with Crippen molar-refractivity contribution in [2.45, 2.75) is 51.2 Å². The lowest BCUT2D eigenvalue weighted by molar-refractivity contribution is -0.0299. The van der Waals surface area contributed by atoms with E-state index in [0.717, 1.165) is 48.9 Å². The standard InChI is InChI=1S/C15H26BrN3O/c1-4-12-6-5-7-15(20,10-12)14-13(16)11-17-19(14)9-8-18(2)3/h11-12,20H,4-10H2,1-3H3. The highest BCUT2D eigenvalue weighted by Crippen LogP contribution is 2.43. The minimum absolute atomic E-state index is 0.623. The lowest BCUT2D eigenvalue weighted by Gasteiger charge is -2.37. The van der Waals surface area contributed by atoms with Gasteiger partial charge in [-0.1, -0.05) is 19.8 Å². The highest BCUT2D eigenvalue weighted by molar-refractivity contribution is 9.10. The lowest BCUT2D eigenvalue weighted by atomic mass is 9.75. The molecule has 2 unspecified atom stereocenters. The predicted molar refractivity (Wildman–Crippen MR) is 84.6 cm³/mol. The van der Waals surface area contributed by atoms with Gasteiger partial charge >= 0.3 is 0 Å². The molecule has 2 atom stereocenters. The summed E-state index contributed by atoms with van der Waals surface area (Å²) in [7, 11) is 4.11. The van der Waals surface area contributed by atoms with Crippen molar-refractivity contribution < 1.29 is 5.11 Å². The Morgan fingerprint density at radius 1 is 1.55 bits per heavy atom. The van der Waals surface area contributed by atoms with E-state index in [9.17, 15) is 5.11 Å². The van der Waals surface area contributed by atoms with Crippen LogP contribution in [0.15, 0.2) is 10.7 Å². The Labute approximate surface area is 130 Å². The molecule has 0 radical (unpaired) electrons. The molecule has 1 N–H and O–H groups in total. The normalized spacial score (nSPS) is 27.2. The Kier molecular flexibility index (Phi) is 5.26. The van der Waals surface area contributed by atoms with Crippen LogP contribution >= 0.6 is 15.9 Å². The molecule has 1 aromatic rings. The van der Waals surface area contributed by atoms with Gasteiger partial charge in [0.25, 0.3) is 0 Å². The van der Waals surface area contributed by atoms with Gasteiger partial charge in [-0.3, -0.25) is 4.68 Å². The summed E-state index contributed by atoms with van der Waals surface area (Å²) in [5.41, 5.74) is 0.248. The predicted octanol–water partition coefficient (Wildman–Crippen LogP) is 3.00. The van der Waals surface area contributed by atoms with Gasteiger partial charge in [0.2, 0.25) is 0 Å². The maximum atomic E-state index is 11.2. The second-order valence-corrected chi connectivity index (χ2v) is 7.12. The van der Waals surface area contributed by atoms with Gasteiger partial charge < -0.3 is 10.0 Å². The summed E-state index contributed by atoms with van der Waals surface area (Å²) in [5, 5.41) is 15.6. The summed E-state index contributed by atoms with van der Waals surface area (Å²) in [5.74, 6) is 0.623. The third-order valence-electron chi connectivity index (χ3n) is 4.40. The van der Waals surface area contributed by atoms with Gasteiger partial charge in [0.15, 0.2) is 0 Å². The van der Waals surface area contributed by atoms with Crippen molar-refractivity contribution >= 4 is 15.9 Å². The molecule has 1 saturated carbocycles. The van der Waals surface area contributed by atoms with E-state index < -0.39 is 5.60 Å². The van der Waals surface area contributed by atoms with Gasteiger partial charge in [-0.2, -0.15) is 5.10 Å². The molecule has 1 aromatic heterocycles.